The van der Waals surface area contributed by atoms with Gasteiger partial charge in [0.2, 0.25) is 0 Å². The zero-order valence-electron chi connectivity index (χ0n) is 22.7. The molecule has 9 aromatic rings. The summed E-state index contributed by atoms with van der Waals surface area (Å²) >= 11 is 1.85. The van der Waals surface area contributed by atoms with E-state index in [9.17, 15) is 0 Å². The first-order chi connectivity index (χ1) is 20.8. The molecular formula is C39H24N2S. The van der Waals surface area contributed by atoms with E-state index in [4.69, 9.17) is 4.98 Å². The van der Waals surface area contributed by atoms with Gasteiger partial charge in [0, 0.05) is 42.1 Å². The predicted octanol–water partition coefficient (Wildman–Crippen LogP) is 11.0. The minimum Gasteiger partial charge on any atom is -0.291 e. The van der Waals surface area contributed by atoms with Crippen molar-refractivity contribution in [3.8, 4) is 28.2 Å². The smallest absolute Gasteiger partial charge is 0.145 e. The number of hydrogen-bond donors (Lipinski definition) is 0. The van der Waals surface area contributed by atoms with Crippen LogP contribution in [0.5, 0.6) is 0 Å². The van der Waals surface area contributed by atoms with Gasteiger partial charge in [-0.25, -0.2) is 4.98 Å². The van der Waals surface area contributed by atoms with Crippen molar-refractivity contribution in [1.82, 2.24) is 9.55 Å². The third-order valence-electron chi connectivity index (χ3n) is 8.39. The van der Waals surface area contributed by atoms with E-state index in [0.717, 1.165) is 28.1 Å². The number of fused-ring (bicyclic) bond motifs is 7. The fourth-order valence-electron chi connectivity index (χ4n) is 6.44. The first-order valence-electron chi connectivity index (χ1n) is 14.2. The molecule has 0 N–H and O–H groups in total. The summed E-state index contributed by atoms with van der Waals surface area (Å²) in [5.41, 5.74) is 6.76. The monoisotopic (exact) mass is 552 g/mol. The van der Waals surface area contributed by atoms with Gasteiger partial charge >= 0.3 is 0 Å². The molecule has 3 heteroatoms. The molecular weight excluding hydrogens is 529 g/mol. The number of hydrogen-bond acceptors (Lipinski definition) is 2. The van der Waals surface area contributed by atoms with Crippen LogP contribution in [0, 0.1) is 0 Å². The zero-order valence-corrected chi connectivity index (χ0v) is 23.5. The van der Waals surface area contributed by atoms with E-state index in [1.165, 1.54) is 52.8 Å². The van der Waals surface area contributed by atoms with E-state index in [1.54, 1.807) is 0 Å². The molecule has 2 heterocycles. The second-order valence-corrected chi connectivity index (χ2v) is 11.9. The Hall–Kier alpha value is -5.25. The minimum absolute atomic E-state index is 0.951. The maximum Gasteiger partial charge on any atom is 0.145 e. The highest BCUT2D eigenvalue weighted by molar-refractivity contribution is 7.25. The van der Waals surface area contributed by atoms with Gasteiger partial charge in [-0.1, -0.05) is 115 Å². The maximum absolute atomic E-state index is 5.47. The molecule has 0 aliphatic carbocycles. The number of imidazole rings is 1. The molecule has 0 fully saturated rings. The molecule has 0 bridgehead atoms. The average molecular weight is 553 g/mol. The molecule has 0 atom stereocenters. The third kappa shape index (κ3) is 3.47. The largest absolute Gasteiger partial charge is 0.291 e. The van der Waals surface area contributed by atoms with Crippen molar-refractivity contribution in [2.45, 2.75) is 0 Å². The molecule has 2 aromatic heterocycles. The first-order valence-corrected chi connectivity index (χ1v) is 15.0. The van der Waals surface area contributed by atoms with Crippen LogP contribution < -0.4 is 0 Å². The number of nitrogens with zero attached hydrogens (tertiary/aromatic N) is 2. The van der Waals surface area contributed by atoms with E-state index in [1.807, 2.05) is 11.3 Å². The molecule has 0 aliphatic heterocycles. The van der Waals surface area contributed by atoms with Gasteiger partial charge in [-0.05, 0) is 46.7 Å². The lowest BCUT2D eigenvalue weighted by molar-refractivity contribution is 1.12. The van der Waals surface area contributed by atoms with E-state index in [0.29, 0.717) is 0 Å². The fourth-order valence-corrected chi connectivity index (χ4v) is 7.53. The van der Waals surface area contributed by atoms with Gasteiger partial charge in [-0.3, -0.25) is 4.57 Å². The van der Waals surface area contributed by atoms with Crippen LogP contribution in [-0.4, -0.2) is 9.55 Å². The molecule has 9 rings (SSSR count). The van der Waals surface area contributed by atoms with Crippen LogP contribution in [0.15, 0.2) is 146 Å². The van der Waals surface area contributed by atoms with Crippen LogP contribution >= 0.6 is 11.3 Å². The Morgan fingerprint density at radius 2 is 1.14 bits per heavy atom. The summed E-state index contributed by atoms with van der Waals surface area (Å²) in [5.74, 6) is 0.951. The van der Waals surface area contributed by atoms with Crippen LogP contribution in [0.3, 0.4) is 0 Å². The number of aromatic nitrogens is 2. The van der Waals surface area contributed by atoms with Crippen LogP contribution in [-0.2, 0) is 0 Å². The Labute approximate surface area is 246 Å². The van der Waals surface area contributed by atoms with Crippen LogP contribution in [0.2, 0.25) is 0 Å². The van der Waals surface area contributed by atoms with E-state index >= 15 is 0 Å². The lowest BCUT2D eigenvalue weighted by Crippen LogP contribution is -2.01. The van der Waals surface area contributed by atoms with E-state index < -0.39 is 0 Å². The highest BCUT2D eigenvalue weighted by Gasteiger charge is 2.21. The molecule has 0 amide bonds. The number of rotatable bonds is 3. The normalized spacial score (nSPS) is 11.8. The molecule has 0 radical (unpaired) electrons. The van der Waals surface area contributed by atoms with Crippen molar-refractivity contribution >= 4 is 64.1 Å². The first kappa shape index (κ1) is 23.5. The molecule has 0 saturated carbocycles. The maximum atomic E-state index is 5.47. The van der Waals surface area contributed by atoms with Crippen LogP contribution in [0.25, 0.3) is 81.0 Å². The molecule has 0 saturated heterocycles. The lowest BCUT2D eigenvalue weighted by Gasteiger charge is -2.18. The topological polar surface area (TPSA) is 17.8 Å². The summed E-state index contributed by atoms with van der Waals surface area (Å²) in [4.78, 5) is 5.47. The zero-order chi connectivity index (χ0) is 27.6. The summed E-state index contributed by atoms with van der Waals surface area (Å²) in [6.45, 7) is 0. The van der Waals surface area contributed by atoms with Crippen LogP contribution in [0.4, 0.5) is 0 Å². The SMILES string of the molecule is c1ccc(-c2ccc3ccccc3c2-n2c(-c3ccc4sc5ccccc5c4c3)nc3c4ccccc4ccc32)cc1. The Balaban J connectivity index is 1.45. The Morgan fingerprint density at radius 1 is 0.476 bits per heavy atom. The van der Waals surface area contributed by atoms with Gasteiger partial charge in [0.25, 0.3) is 0 Å². The minimum atomic E-state index is 0.951. The van der Waals surface area contributed by atoms with E-state index in [2.05, 4.69) is 150 Å². The Kier molecular flexibility index (Phi) is 5.10. The van der Waals surface area contributed by atoms with E-state index in [-0.39, 0.29) is 0 Å². The number of benzene rings is 7. The van der Waals surface area contributed by atoms with Gasteiger partial charge in [0.15, 0.2) is 0 Å². The second-order valence-electron chi connectivity index (χ2n) is 10.8. The molecule has 196 valence electrons. The third-order valence-corrected chi connectivity index (χ3v) is 9.55. The van der Waals surface area contributed by atoms with Gasteiger partial charge < -0.3 is 0 Å². The summed E-state index contributed by atoms with van der Waals surface area (Å²) in [6.07, 6.45) is 0. The Morgan fingerprint density at radius 3 is 2.00 bits per heavy atom. The lowest BCUT2D eigenvalue weighted by atomic mass is 9.97. The van der Waals surface area contributed by atoms with Crippen molar-refractivity contribution in [2.24, 2.45) is 0 Å². The summed E-state index contributed by atoms with van der Waals surface area (Å²) in [6, 6.07) is 52.5. The molecule has 0 spiro atoms. The quantitative estimate of drug-likeness (QED) is 0.213. The standard InChI is InChI=1S/C39H24N2S/c1-2-10-25(11-3-1)31-21-18-27-13-5-7-15-30(27)38(31)41-34-22-19-26-12-4-6-14-29(26)37(34)40-39(41)28-20-23-36-33(24-28)32-16-8-9-17-35(32)42-36/h1-24H. The van der Waals surface area contributed by atoms with Crippen molar-refractivity contribution in [3.05, 3.63) is 146 Å². The van der Waals surface area contributed by atoms with Crippen molar-refractivity contribution in [2.75, 3.05) is 0 Å². The van der Waals surface area contributed by atoms with Gasteiger partial charge in [0.1, 0.15) is 5.82 Å². The van der Waals surface area contributed by atoms with Gasteiger partial charge in [0.05, 0.1) is 16.7 Å². The molecule has 7 aromatic carbocycles. The molecule has 2 nitrogen and oxygen atoms in total. The highest BCUT2D eigenvalue weighted by atomic mass is 32.1. The van der Waals surface area contributed by atoms with Crippen molar-refractivity contribution < 1.29 is 0 Å². The van der Waals surface area contributed by atoms with Crippen molar-refractivity contribution in [1.29, 1.82) is 0 Å². The molecule has 42 heavy (non-hydrogen) atoms. The number of thiophene rings is 1. The predicted molar refractivity (Wildman–Crippen MR) is 180 cm³/mol. The van der Waals surface area contributed by atoms with Crippen molar-refractivity contribution in [3.63, 3.8) is 0 Å². The molecule has 0 unspecified atom stereocenters. The summed E-state index contributed by atoms with van der Waals surface area (Å²) < 4.78 is 5.01. The van der Waals surface area contributed by atoms with Gasteiger partial charge in [-0.2, -0.15) is 0 Å². The summed E-state index contributed by atoms with van der Waals surface area (Å²) in [7, 11) is 0. The van der Waals surface area contributed by atoms with Crippen LogP contribution in [0.1, 0.15) is 0 Å². The average Bonchev–Trinajstić information content (AvgIpc) is 3.63. The Bertz CT molecular complexity index is 2470. The summed E-state index contributed by atoms with van der Waals surface area (Å²) in [5, 5.41) is 7.34. The molecule has 0 aliphatic rings. The fraction of sp³-hybridized carbons (Fsp3) is 0. The second kappa shape index (κ2) is 9.13. The highest BCUT2D eigenvalue weighted by Crippen LogP contribution is 2.42. The van der Waals surface area contributed by atoms with Gasteiger partial charge in [-0.15, -0.1) is 11.3 Å².